The minimum Gasteiger partial charge on any atom is -0.423 e. The minimum atomic E-state index is -0.296. The Kier molecular flexibility index (Phi) is 3.76. The second kappa shape index (κ2) is 5.96. The van der Waals surface area contributed by atoms with Crippen molar-refractivity contribution >= 4 is 40.6 Å². The molecule has 0 fully saturated rings. The summed E-state index contributed by atoms with van der Waals surface area (Å²) in [5.74, 6) is 0.521. The van der Waals surface area contributed by atoms with Gasteiger partial charge in [-0.05, 0) is 25.1 Å². The highest BCUT2D eigenvalue weighted by Crippen LogP contribution is 2.33. The predicted octanol–water partition coefficient (Wildman–Crippen LogP) is 3.01. The van der Waals surface area contributed by atoms with Gasteiger partial charge in [-0.25, -0.2) is 4.79 Å². The van der Waals surface area contributed by atoms with Gasteiger partial charge in [-0.3, -0.25) is 10.00 Å². The molecule has 1 aromatic carbocycles. The number of fused-ring (bicyclic) bond motifs is 2. The van der Waals surface area contributed by atoms with Crippen molar-refractivity contribution < 1.29 is 9.21 Å². The second-order valence-corrected chi connectivity index (χ2v) is 6.30. The van der Waals surface area contributed by atoms with Crippen LogP contribution < -0.4 is 15.5 Å². The van der Waals surface area contributed by atoms with E-state index in [1.807, 2.05) is 16.8 Å². The van der Waals surface area contributed by atoms with Gasteiger partial charge in [-0.1, -0.05) is 11.6 Å². The van der Waals surface area contributed by atoms with E-state index in [0.29, 0.717) is 35.5 Å². The SMILES string of the molecule is CNC(=O)Nc1cc2n(n1)CCN(c1nc3cc(Cl)ccc3o1)C2C. The molecule has 25 heavy (non-hydrogen) atoms. The predicted molar refractivity (Wildman–Crippen MR) is 95.1 cm³/mol. The standard InChI is InChI=1S/C16H17ClN6O2/c1-9-12-8-14(20-15(24)18-2)21-23(12)6-5-22(9)16-19-11-7-10(17)3-4-13(11)25-16/h3-4,7-9H,5-6H2,1-2H3,(H2,18,20,21,24). The number of aromatic nitrogens is 3. The quantitative estimate of drug-likeness (QED) is 0.733. The zero-order chi connectivity index (χ0) is 17.6. The molecule has 0 radical (unpaired) electrons. The summed E-state index contributed by atoms with van der Waals surface area (Å²) in [4.78, 5) is 18.1. The number of hydrogen-bond donors (Lipinski definition) is 2. The van der Waals surface area contributed by atoms with Gasteiger partial charge < -0.3 is 14.6 Å². The van der Waals surface area contributed by atoms with Crippen LogP contribution in [0.1, 0.15) is 18.7 Å². The Morgan fingerprint density at radius 1 is 1.36 bits per heavy atom. The van der Waals surface area contributed by atoms with Gasteiger partial charge in [0.2, 0.25) is 0 Å². The first-order valence-corrected chi connectivity index (χ1v) is 8.32. The third-order valence-corrected chi connectivity index (χ3v) is 4.55. The van der Waals surface area contributed by atoms with E-state index in [1.54, 1.807) is 19.2 Å². The van der Waals surface area contributed by atoms with Crippen LogP contribution in [0.25, 0.3) is 11.1 Å². The van der Waals surface area contributed by atoms with Crippen molar-refractivity contribution in [3.63, 3.8) is 0 Å². The lowest BCUT2D eigenvalue weighted by Gasteiger charge is -2.32. The molecule has 0 aliphatic carbocycles. The molecular weight excluding hydrogens is 344 g/mol. The lowest BCUT2D eigenvalue weighted by Crippen LogP contribution is -2.37. The van der Waals surface area contributed by atoms with Crippen LogP contribution in [0.5, 0.6) is 0 Å². The van der Waals surface area contributed by atoms with Crippen LogP contribution in [-0.4, -0.2) is 34.4 Å². The number of carbonyl (C=O) groups excluding carboxylic acids is 1. The molecule has 0 spiro atoms. The van der Waals surface area contributed by atoms with Crippen LogP contribution in [0, 0.1) is 0 Å². The summed E-state index contributed by atoms with van der Waals surface area (Å²) in [6.07, 6.45) is 0. The van der Waals surface area contributed by atoms with Crippen LogP contribution in [0.4, 0.5) is 16.6 Å². The Balaban J connectivity index is 1.63. The lowest BCUT2D eigenvalue weighted by molar-refractivity contribution is 0.254. The third-order valence-electron chi connectivity index (χ3n) is 4.31. The Morgan fingerprint density at radius 3 is 3.00 bits per heavy atom. The van der Waals surface area contributed by atoms with E-state index in [1.165, 1.54) is 0 Å². The molecule has 130 valence electrons. The molecule has 3 heterocycles. The minimum absolute atomic E-state index is 0.00465. The Bertz CT molecular complexity index is 949. The maximum atomic E-state index is 11.5. The van der Waals surface area contributed by atoms with Gasteiger partial charge >= 0.3 is 6.03 Å². The molecule has 2 N–H and O–H groups in total. The maximum Gasteiger partial charge on any atom is 0.320 e. The molecule has 0 bridgehead atoms. The number of oxazole rings is 1. The fraction of sp³-hybridized carbons (Fsp3) is 0.312. The number of nitrogens with one attached hydrogen (secondary N) is 2. The van der Waals surface area contributed by atoms with Crippen molar-refractivity contribution in [2.45, 2.75) is 19.5 Å². The van der Waals surface area contributed by atoms with Crippen molar-refractivity contribution in [2.24, 2.45) is 0 Å². The summed E-state index contributed by atoms with van der Waals surface area (Å²) in [5, 5.41) is 10.3. The fourth-order valence-corrected chi connectivity index (χ4v) is 3.18. The van der Waals surface area contributed by atoms with E-state index in [4.69, 9.17) is 16.0 Å². The number of carbonyl (C=O) groups is 1. The topological polar surface area (TPSA) is 88.2 Å². The normalized spacial score (nSPS) is 16.8. The molecule has 1 aliphatic rings. The van der Waals surface area contributed by atoms with Gasteiger partial charge in [0.25, 0.3) is 6.01 Å². The zero-order valence-corrected chi connectivity index (χ0v) is 14.5. The molecule has 1 aliphatic heterocycles. The second-order valence-electron chi connectivity index (χ2n) is 5.86. The van der Waals surface area contributed by atoms with Crippen molar-refractivity contribution in [3.8, 4) is 0 Å². The van der Waals surface area contributed by atoms with Crippen LogP contribution in [0.2, 0.25) is 5.02 Å². The molecule has 9 heteroatoms. The first-order valence-electron chi connectivity index (χ1n) is 7.94. The Morgan fingerprint density at radius 2 is 2.20 bits per heavy atom. The highest BCUT2D eigenvalue weighted by molar-refractivity contribution is 6.31. The van der Waals surface area contributed by atoms with E-state index in [-0.39, 0.29) is 12.1 Å². The number of benzene rings is 1. The van der Waals surface area contributed by atoms with Gasteiger partial charge in [0.1, 0.15) is 5.52 Å². The summed E-state index contributed by atoms with van der Waals surface area (Å²) in [7, 11) is 1.56. The van der Waals surface area contributed by atoms with Gasteiger partial charge in [0.05, 0.1) is 18.3 Å². The molecule has 3 aromatic rings. The Hall–Kier alpha value is -2.74. The van der Waals surface area contributed by atoms with Crippen molar-refractivity contribution in [1.29, 1.82) is 0 Å². The summed E-state index contributed by atoms with van der Waals surface area (Å²) in [6.45, 7) is 3.43. The average Bonchev–Trinajstić information content (AvgIpc) is 3.18. The number of urea groups is 1. The molecule has 1 unspecified atom stereocenters. The summed E-state index contributed by atoms with van der Waals surface area (Å²) in [5.41, 5.74) is 2.42. The van der Waals surface area contributed by atoms with Crippen LogP contribution in [-0.2, 0) is 6.54 Å². The van der Waals surface area contributed by atoms with E-state index >= 15 is 0 Å². The van der Waals surface area contributed by atoms with E-state index < -0.39 is 0 Å². The smallest absolute Gasteiger partial charge is 0.320 e. The first-order chi connectivity index (χ1) is 12.0. The Labute approximate surface area is 148 Å². The number of anilines is 2. The molecule has 0 saturated carbocycles. The largest absolute Gasteiger partial charge is 0.423 e. The maximum absolute atomic E-state index is 11.5. The van der Waals surface area contributed by atoms with Crippen LogP contribution in [0.3, 0.4) is 0 Å². The number of amides is 2. The highest BCUT2D eigenvalue weighted by Gasteiger charge is 2.29. The van der Waals surface area contributed by atoms with Gasteiger partial charge in [0.15, 0.2) is 11.4 Å². The third kappa shape index (κ3) is 2.78. The number of hydrogen-bond acceptors (Lipinski definition) is 5. The molecule has 2 amide bonds. The van der Waals surface area contributed by atoms with Crippen molar-refractivity contribution in [3.05, 3.63) is 35.0 Å². The van der Waals surface area contributed by atoms with Crippen LogP contribution >= 0.6 is 11.6 Å². The molecule has 2 aromatic heterocycles. The molecule has 0 saturated heterocycles. The summed E-state index contributed by atoms with van der Waals surface area (Å²) >= 11 is 6.02. The van der Waals surface area contributed by atoms with Crippen molar-refractivity contribution in [1.82, 2.24) is 20.1 Å². The number of halogens is 1. The summed E-state index contributed by atoms with van der Waals surface area (Å²) < 4.78 is 7.78. The lowest BCUT2D eigenvalue weighted by atomic mass is 10.1. The van der Waals surface area contributed by atoms with Gasteiger partial charge in [0, 0.05) is 24.7 Å². The number of rotatable bonds is 2. The van der Waals surface area contributed by atoms with Crippen LogP contribution in [0.15, 0.2) is 28.7 Å². The molecule has 1 atom stereocenters. The number of nitrogens with zero attached hydrogens (tertiary/aromatic N) is 4. The van der Waals surface area contributed by atoms with E-state index in [0.717, 1.165) is 11.2 Å². The molecular formula is C16H17ClN6O2. The first kappa shape index (κ1) is 15.8. The monoisotopic (exact) mass is 360 g/mol. The average molecular weight is 361 g/mol. The molecule has 4 rings (SSSR count). The molecule has 8 nitrogen and oxygen atoms in total. The van der Waals surface area contributed by atoms with Gasteiger partial charge in [-0.2, -0.15) is 10.1 Å². The van der Waals surface area contributed by atoms with Crippen molar-refractivity contribution in [2.75, 3.05) is 23.8 Å². The van der Waals surface area contributed by atoms with Gasteiger partial charge in [-0.15, -0.1) is 0 Å². The van der Waals surface area contributed by atoms with E-state index in [2.05, 4.69) is 32.5 Å². The fourth-order valence-electron chi connectivity index (χ4n) is 3.01. The highest BCUT2D eigenvalue weighted by atomic mass is 35.5. The zero-order valence-electron chi connectivity index (χ0n) is 13.8. The van der Waals surface area contributed by atoms with E-state index in [9.17, 15) is 4.79 Å². The summed E-state index contributed by atoms with van der Waals surface area (Å²) in [6, 6.07) is 7.52.